The zero-order valence-electron chi connectivity index (χ0n) is 9.99. The van der Waals surface area contributed by atoms with Crippen LogP contribution in [0, 0.1) is 11.6 Å². The Morgan fingerprint density at radius 2 is 1.89 bits per heavy atom. The average Bonchev–Trinajstić information content (AvgIpc) is 2.33. The second kappa shape index (κ2) is 7.73. The van der Waals surface area contributed by atoms with E-state index in [0.29, 0.717) is 5.75 Å². The monoisotopic (exact) mass is 289 g/mol. The van der Waals surface area contributed by atoms with Gasteiger partial charge >= 0.3 is 5.97 Å². The van der Waals surface area contributed by atoms with Gasteiger partial charge in [0.2, 0.25) is 5.91 Å². The molecule has 1 amide bonds. The first kappa shape index (κ1) is 15.4. The number of rotatable bonds is 7. The van der Waals surface area contributed by atoms with Crippen LogP contribution in [0.4, 0.5) is 8.78 Å². The molecule has 0 aliphatic carbocycles. The van der Waals surface area contributed by atoms with Gasteiger partial charge in [-0.2, -0.15) is 0 Å². The Morgan fingerprint density at radius 1 is 1.26 bits per heavy atom. The zero-order chi connectivity index (χ0) is 14.3. The van der Waals surface area contributed by atoms with Gasteiger partial charge in [0.1, 0.15) is 11.6 Å². The number of thioether (sulfide) groups is 1. The van der Waals surface area contributed by atoms with Gasteiger partial charge in [0.15, 0.2) is 0 Å². The van der Waals surface area contributed by atoms with E-state index in [2.05, 4.69) is 5.32 Å². The van der Waals surface area contributed by atoms with Gasteiger partial charge in [-0.25, -0.2) is 8.78 Å². The fraction of sp³-hybridized carbons (Fsp3) is 0.333. The van der Waals surface area contributed by atoms with E-state index in [-0.39, 0.29) is 24.3 Å². The lowest BCUT2D eigenvalue weighted by atomic mass is 10.1. The number of benzene rings is 1. The maximum absolute atomic E-state index is 13.3. The minimum atomic E-state index is -0.926. The van der Waals surface area contributed by atoms with Gasteiger partial charge in [-0.1, -0.05) is 6.07 Å². The van der Waals surface area contributed by atoms with Crippen molar-refractivity contribution < 1.29 is 23.5 Å². The maximum Gasteiger partial charge on any atom is 0.313 e. The number of nitrogens with one attached hydrogen (secondary N) is 1. The number of carbonyl (C=O) groups excluding carboxylic acids is 1. The molecule has 1 aromatic rings. The molecule has 1 rings (SSSR count). The molecule has 4 nitrogen and oxygen atoms in total. The minimum absolute atomic E-state index is 0.0438. The van der Waals surface area contributed by atoms with Crippen molar-refractivity contribution in [2.75, 3.05) is 18.1 Å². The highest BCUT2D eigenvalue weighted by Crippen LogP contribution is 2.12. The summed E-state index contributed by atoms with van der Waals surface area (Å²) in [6.07, 6.45) is -0.373. The van der Waals surface area contributed by atoms with Crippen molar-refractivity contribution in [2.45, 2.75) is 6.42 Å². The molecule has 2 N–H and O–H groups in total. The molecule has 0 saturated carbocycles. The first-order chi connectivity index (χ1) is 9.00. The lowest BCUT2D eigenvalue weighted by molar-refractivity contribution is -0.133. The summed E-state index contributed by atoms with van der Waals surface area (Å²) in [5.41, 5.74) is -0.266. The van der Waals surface area contributed by atoms with Crippen LogP contribution >= 0.6 is 11.8 Å². The van der Waals surface area contributed by atoms with E-state index < -0.39 is 23.5 Å². The van der Waals surface area contributed by atoms with Crippen LogP contribution in [0.1, 0.15) is 5.56 Å². The molecule has 0 saturated heterocycles. The third-order valence-corrected chi connectivity index (χ3v) is 3.14. The van der Waals surface area contributed by atoms with Crippen molar-refractivity contribution in [3.63, 3.8) is 0 Å². The topological polar surface area (TPSA) is 66.4 Å². The Morgan fingerprint density at radius 3 is 2.47 bits per heavy atom. The van der Waals surface area contributed by atoms with Crippen LogP contribution < -0.4 is 5.32 Å². The molecular formula is C12H13F2NO3S. The second-order valence-corrected chi connectivity index (χ2v) is 4.78. The number of carboxylic acids is 1. The minimum Gasteiger partial charge on any atom is -0.481 e. The van der Waals surface area contributed by atoms with Gasteiger partial charge in [0.25, 0.3) is 0 Å². The molecule has 0 aliphatic rings. The number of hydrogen-bond acceptors (Lipinski definition) is 3. The normalized spacial score (nSPS) is 10.2. The molecule has 0 spiro atoms. The van der Waals surface area contributed by atoms with E-state index in [9.17, 15) is 18.4 Å². The molecular weight excluding hydrogens is 276 g/mol. The molecule has 0 aromatic heterocycles. The van der Waals surface area contributed by atoms with E-state index in [0.717, 1.165) is 23.9 Å². The van der Waals surface area contributed by atoms with Crippen molar-refractivity contribution in [3.8, 4) is 0 Å². The van der Waals surface area contributed by atoms with Crippen molar-refractivity contribution in [3.05, 3.63) is 35.4 Å². The van der Waals surface area contributed by atoms with Crippen molar-refractivity contribution in [1.29, 1.82) is 0 Å². The van der Waals surface area contributed by atoms with Gasteiger partial charge in [-0.3, -0.25) is 9.59 Å². The van der Waals surface area contributed by atoms with Crippen molar-refractivity contribution >= 4 is 23.6 Å². The summed E-state index contributed by atoms with van der Waals surface area (Å²) in [6.45, 7) is 0.257. The van der Waals surface area contributed by atoms with Crippen LogP contribution in [0.15, 0.2) is 18.2 Å². The lowest BCUT2D eigenvalue weighted by Crippen LogP contribution is -2.28. The van der Waals surface area contributed by atoms with Crippen LogP contribution in [-0.2, 0) is 16.0 Å². The highest BCUT2D eigenvalue weighted by Gasteiger charge is 2.12. The standard InChI is InChI=1S/C12H13F2NO3S/c13-9-2-1-3-10(14)8(9)6-11(16)15-4-5-19-7-12(17)18/h1-3H,4-7H2,(H,15,16)(H,17,18). The van der Waals surface area contributed by atoms with Crippen molar-refractivity contribution in [2.24, 2.45) is 0 Å². The molecule has 0 bridgehead atoms. The summed E-state index contributed by atoms with van der Waals surface area (Å²) in [5, 5.41) is 10.9. The largest absolute Gasteiger partial charge is 0.481 e. The number of carboxylic acid groups (broad SMARTS) is 1. The third kappa shape index (κ3) is 5.69. The summed E-state index contributed by atoms with van der Waals surface area (Å²) in [4.78, 5) is 21.7. The number of carbonyl (C=O) groups is 2. The fourth-order valence-corrected chi connectivity index (χ4v) is 1.91. The molecule has 0 radical (unpaired) electrons. The van der Waals surface area contributed by atoms with Gasteiger partial charge in [0.05, 0.1) is 12.2 Å². The quantitative estimate of drug-likeness (QED) is 0.745. The fourth-order valence-electron chi connectivity index (χ4n) is 1.35. The Kier molecular flexibility index (Phi) is 6.27. The zero-order valence-corrected chi connectivity index (χ0v) is 10.8. The summed E-state index contributed by atoms with van der Waals surface area (Å²) in [7, 11) is 0. The third-order valence-electron chi connectivity index (χ3n) is 2.19. The summed E-state index contributed by atoms with van der Waals surface area (Å²) in [5.74, 6) is -2.55. The van der Waals surface area contributed by atoms with Crippen LogP contribution in [0.5, 0.6) is 0 Å². The number of halogens is 2. The molecule has 0 atom stereocenters. The Labute approximate surface area is 113 Å². The van der Waals surface area contributed by atoms with Crippen LogP contribution in [-0.4, -0.2) is 35.0 Å². The van der Waals surface area contributed by atoms with E-state index in [1.54, 1.807) is 0 Å². The second-order valence-electron chi connectivity index (χ2n) is 3.67. The SMILES string of the molecule is O=C(O)CSCCNC(=O)Cc1c(F)cccc1F. The highest BCUT2D eigenvalue weighted by atomic mass is 32.2. The van der Waals surface area contributed by atoms with E-state index in [1.165, 1.54) is 6.07 Å². The predicted octanol–water partition coefficient (Wildman–Crippen LogP) is 1.44. The van der Waals surface area contributed by atoms with Gasteiger partial charge in [-0.15, -0.1) is 11.8 Å². The average molecular weight is 289 g/mol. The molecule has 0 unspecified atom stereocenters. The van der Waals surface area contributed by atoms with Crippen LogP contribution in [0.2, 0.25) is 0 Å². The Hall–Kier alpha value is -1.63. The first-order valence-corrected chi connectivity index (χ1v) is 6.65. The van der Waals surface area contributed by atoms with E-state index in [1.807, 2.05) is 0 Å². The van der Waals surface area contributed by atoms with Crippen LogP contribution in [0.3, 0.4) is 0 Å². The lowest BCUT2D eigenvalue weighted by Gasteiger charge is -2.06. The highest BCUT2D eigenvalue weighted by molar-refractivity contribution is 7.99. The molecule has 1 aromatic carbocycles. The van der Waals surface area contributed by atoms with E-state index in [4.69, 9.17) is 5.11 Å². The van der Waals surface area contributed by atoms with Gasteiger partial charge in [-0.05, 0) is 12.1 Å². The smallest absolute Gasteiger partial charge is 0.313 e. The molecule has 0 heterocycles. The van der Waals surface area contributed by atoms with Crippen molar-refractivity contribution in [1.82, 2.24) is 5.32 Å². The van der Waals surface area contributed by atoms with E-state index >= 15 is 0 Å². The molecule has 0 fully saturated rings. The van der Waals surface area contributed by atoms with Crippen LogP contribution in [0.25, 0.3) is 0 Å². The predicted molar refractivity (Wildman–Crippen MR) is 68.0 cm³/mol. The maximum atomic E-state index is 13.3. The summed E-state index contributed by atoms with van der Waals surface area (Å²) < 4.78 is 26.5. The Balaban J connectivity index is 2.33. The first-order valence-electron chi connectivity index (χ1n) is 5.50. The van der Waals surface area contributed by atoms with Gasteiger partial charge < -0.3 is 10.4 Å². The number of amides is 1. The summed E-state index contributed by atoms with van der Waals surface area (Å²) >= 11 is 1.15. The molecule has 0 aliphatic heterocycles. The Bertz CT molecular complexity index is 448. The molecule has 104 valence electrons. The molecule has 7 heteroatoms. The number of aliphatic carboxylic acids is 1. The summed E-state index contributed by atoms with van der Waals surface area (Å²) in [6, 6.07) is 3.41. The number of hydrogen-bond donors (Lipinski definition) is 2. The molecule has 19 heavy (non-hydrogen) atoms. The van der Waals surface area contributed by atoms with Gasteiger partial charge in [0, 0.05) is 17.9 Å².